The van der Waals surface area contributed by atoms with E-state index in [0.29, 0.717) is 22.0 Å². The van der Waals surface area contributed by atoms with Crippen LogP contribution in [0.5, 0.6) is 5.75 Å². The summed E-state index contributed by atoms with van der Waals surface area (Å²) < 4.78 is 10.2. The van der Waals surface area contributed by atoms with Crippen LogP contribution in [0.4, 0.5) is 10.5 Å². The molecule has 8 nitrogen and oxygen atoms in total. The van der Waals surface area contributed by atoms with Gasteiger partial charge in [0.15, 0.2) is 6.10 Å². The van der Waals surface area contributed by atoms with Crippen molar-refractivity contribution < 1.29 is 23.9 Å². The summed E-state index contributed by atoms with van der Waals surface area (Å²) in [5, 5.41) is 5.47. The lowest BCUT2D eigenvalue weighted by Crippen LogP contribution is -2.36. The fourth-order valence-corrected chi connectivity index (χ4v) is 2.82. The van der Waals surface area contributed by atoms with E-state index in [1.807, 2.05) is 0 Å². The summed E-state index contributed by atoms with van der Waals surface area (Å²) >= 11 is 6.14. The molecule has 0 bridgehead atoms. The Morgan fingerprint density at radius 1 is 1.10 bits per heavy atom. The van der Waals surface area contributed by atoms with E-state index in [0.717, 1.165) is 0 Å². The van der Waals surface area contributed by atoms with Crippen LogP contribution in [-0.2, 0) is 14.3 Å². The normalized spacial score (nSPS) is 12.4. The lowest BCUT2D eigenvalue weighted by molar-refractivity contribution is -0.153. The fraction of sp³-hybridized carbons (Fsp3) is 0.250. The number of anilines is 1. The molecule has 4 N–H and O–H groups in total. The Hall–Kier alpha value is -3.26. The zero-order chi connectivity index (χ0) is 21.4. The summed E-state index contributed by atoms with van der Waals surface area (Å²) in [6, 6.07) is 11.8. The first-order valence-corrected chi connectivity index (χ1v) is 9.12. The Morgan fingerprint density at radius 3 is 2.34 bits per heavy atom. The van der Waals surface area contributed by atoms with Gasteiger partial charge in [-0.2, -0.15) is 0 Å². The summed E-state index contributed by atoms with van der Waals surface area (Å²) in [4.78, 5) is 35.9. The highest BCUT2D eigenvalue weighted by Crippen LogP contribution is 2.25. The Morgan fingerprint density at radius 2 is 1.76 bits per heavy atom. The number of halogens is 1. The number of benzene rings is 2. The molecule has 154 valence electrons. The second-order valence-electron chi connectivity index (χ2n) is 6.14. The first-order chi connectivity index (χ1) is 13.8. The van der Waals surface area contributed by atoms with E-state index < -0.39 is 30.1 Å². The van der Waals surface area contributed by atoms with Gasteiger partial charge in [0.05, 0.1) is 19.6 Å². The number of methoxy groups -OCH3 is 1. The monoisotopic (exact) mass is 419 g/mol. The SMILES string of the molecule is COc1ccc(NC(=O)[C@@H](C)OC(=O)C[C@@H](NC(N)=O)c2ccccc2Cl)cc1. The number of urea groups is 1. The van der Waals surface area contributed by atoms with Gasteiger partial charge in [-0.25, -0.2) is 4.79 Å². The minimum absolute atomic E-state index is 0.243. The van der Waals surface area contributed by atoms with Gasteiger partial charge < -0.3 is 25.8 Å². The van der Waals surface area contributed by atoms with Crippen LogP contribution in [0.2, 0.25) is 5.02 Å². The highest BCUT2D eigenvalue weighted by atomic mass is 35.5. The molecule has 0 aliphatic heterocycles. The molecule has 0 radical (unpaired) electrons. The molecule has 0 saturated carbocycles. The van der Waals surface area contributed by atoms with E-state index >= 15 is 0 Å². The predicted octanol–water partition coefficient (Wildman–Crippen LogP) is 3.02. The molecule has 0 spiro atoms. The van der Waals surface area contributed by atoms with Crippen molar-refractivity contribution in [1.29, 1.82) is 0 Å². The molecule has 0 saturated heterocycles. The quantitative estimate of drug-likeness (QED) is 0.568. The highest BCUT2D eigenvalue weighted by Gasteiger charge is 2.24. The van der Waals surface area contributed by atoms with Crippen LogP contribution in [0.3, 0.4) is 0 Å². The third-order valence-electron chi connectivity index (χ3n) is 4.00. The maximum Gasteiger partial charge on any atom is 0.312 e. The van der Waals surface area contributed by atoms with E-state index in [1.54, 1.807) is 48.5 Å². The fourth-order valence-electron chi connectivity index (χ4n) is 2.55. The van der Waals surface area contributed by atoms with Gasteiger partial charge in [0.2, 0.25) is 0 Å². The van der Waals surface area contributed by atoms with Gasteiger partial charge in [-0.15, -0.1) is 0 Å². The van der Waals surface area contributed by atoms with Gasteiger partial charge in [-0.1, -0.05) is 29.8 Å². The van der Waals surface area contributed by atoms with E-state index in [-0.39, 0.29) is 6.42 Å². The molecule has 0 fully saturated rings. The smallest absolute Gasteiger partial charge is 0.312 e. The summed E-state index contributed by atoms with van der Waals surface area (Å²) in [5.74, 6) is -0.545. The van der Waals surface area contributed by atoms with Crippen molar-refractivity contribution in [2.24, 2.45) is 5.73 Å². The average molecular weight is 420 g/mol. The molecule has 2 rings (SSSR count). The summed E-state index contributed by atoms with van der Waals surface area (Å²) in [7, 11) is 1.54. The Kier molecular flexibility index (Phi) is 7.85. The number of carbonyl (C=O) groups excluding carboxylic acids is 3. The van der Waals surface area contributed by atoms with Gasteiger partial charge in [-0.05, 0) is 42.8 Å². The number of hydrogen-bond donors (Lipinski definition) is 3. The molecular weight excluding hydrogens is 398 g/mol. The molecule has 0 heterocycles. The molecular formula is C20H22ClN3O5. The Bertz CT molecular complexity index is 873. The van der Waals surface area contributed by atoms with Crippen LogP contribution >= 0.6 is 11.6 Å². The van der Waals surface area contributed by atoms with Crippen molar-refractivity contribution in [2.45, 2.75) is 25.5 Å². The minimum Gasteiger partial charge on any atom is -0.497 e. The van der Waals surface area contributed by atoms with Crippen LogP contribution in [-0.4, -0.2) is 31.1 Å². The van der Waals surface area contributed by atoms with Gasteiger partial charge in [-0.3, -0.25) is 9.59 Å². The molecule has 9 heteroatoms. The second kappa shape index (κ2) is 10.3. The molecule has 0 aromatic heterocycles. The number of esters is 1. The zero-order valence-corrected chi connectivity index (χ0v) is 16.7. The van der Waals surface area contributed by atoms with Crippen LogP contribution in [0.15, 0.2) is 48.5 Å². The van der Waals surface area contributed by atoms with Crippen LogP contribution < -0.4 is 21.1 Å². The van der Waals surface area contributed by atoms with Crippen LogP contribution in [0.1, 0.15) is 24.9 Å². The Balaban J connectivity index is 1.98. The van der Waals surface area contributed by atoms with Gasteiger partial charge >= 0.3 is 12.0 Å². The summed E-state index contributed by atoms with van der Waals surface area (Å²) in [5.41, 5.74) is 6.24. The number of hydrogen-bond acceptors (Lipinski definition) is 5. The molecule has 2 aromatic rings. The lowest BCUT2D eigenvalue weighted by Gasteiger charge is -2.20. The van der Waals surface area contributed by atoms with Crippen molar-refractivity contribution in [3.05, 3.63) is 59.1 Å². The number of rotatable bonds is 8. The molecule has 3 amide bonds. The standard InChI is InChI=1S/C20H22ClN3O5/c1-12(19(26)23-13-7-9-14(28-2)10-8-13)29-18(25)11-17(24-20(22)27)15-5-3-4-6-16(15)21/h3-10,12,17H,11H2,1-2H3,(H,23,26)(H3,22,24,27)/t12-,17-/m1/s1. The predicted molar refractivity (Wildman–Crippen MR) is 109 cm³/mol. The number of nitrogens with two attached hydrogens (primary N) is 1. The van der Waals surface area contributed by atoms with Crippen molar-refractivity contribution >= 4 is 35.2 Å². The van der Waals surface area contributed by atoms with Gasteiger partial charge in [0.1, 0.15) is 5.75 Å². The summed E-state index contributed by atoms with van der Waals surface area (Å²) in [6.45, 7) is 1.45. The van der Waals surface area contributed by atoms with E-state index in [1.165, 1.54) is 14.0 Å². The van der Waals surface area contributed by atoms with Crippen molar-refractivity contribution in [3.63, 3.8) is 0 Å². The number of amides is 3. The van der Waals surface area contributed by atoms with Crippen molar-refractivity contribution in [1.82, 2.24) is 5.32 Å². The van der Waals surface area contributed by atoms with Crippen molar-refractivity contribution in [3.8, 4) is 5.75 Å². The topological polar surface area (TPSA) is 120 Å². The third-order valence-corrected chi connectivity index (χ3v) is 4.35. The molecule has 0 unspecified atom stereocenters. The highest BCUT2D eigenvalue weighted by molar-refractivity contribution is 6.31. The van der Waals surface area contributed by atoms with E-state index in [9.17, 15) is 14.4 Å². The number of nitrogens with one attached hydrogen (secondary N) is 2. The zero-order valence-electron chi connectivity index (χ0n) is 16.0. The third kappa shape index (κ3) is 6.69. The molecule has 0 aliphatic carbocycles. The lowest BCUT2D eigenvalue weighted by atomic mass is 10.0. The van der Waals surface area contributed by atoms with Gasteiger partial charge in [0.25, 0.3) is 5.91 Å². The number of carbonyl (C=O) groups is 3. The molecule has 29 heavy (non-hydrogen) atoms. The maximum absolute atomic E-state index is 12.3. The van der Waals surface area contributed by atoms with Crippen LogP contribution in [0, 0.1) is 0 Å². The molecule has 2 aromatic carbocycles. The van der Waals surface area contributed by atoms with E-state index in [2.05, 4.69) is 10.6 Å². The minimum atomic E-state index is -1.05. The maximum atomic E-state index is 12.3. The number of ether oxygens (including phenoxy) is 2. The first-order valence-electron chi connectivity index (χ1n) is 8.75. The van der Waals surface area contributed by atoms with Gasteiger partial charge in [0, 0.05) is 10.7 Å². The van der Waals surface area contributed by atoms with E-state index in [4.69, 9.17) is 26.8 Å². The number of primary amides is 1. The largest absolute Gasteiger partial charge is 0.497 e. The Labute approximate surface area is 173 Å². The molecule has 2 atom stereocenters. The average Bonchev–Trinajstić information content (AvgIpc) is 2.68. The molecule has 0 aliphatic rings. The second-order valence-corrected chi connectivity index (χ2v) is 6.54. The summed E-state index contributed by atoms with van der Waals surface area (Å²) in [6.07, 6.45) is -1.29. The van der Waals surface area contributed by atoms with Crippen LogP contribution in [0.25, 0.3) is 0 Å². The first kappa shape index (κ1) is 22.0. The van der Waals surface area contributed by atoms with Crippen molar-refractivity contribution in [2.75, 3.05) is 12.4 Å².